The van der Waals surface area contributed by atoms with Crippen molar-refractivity contribution in [3.05, 3.63) is 34.6 Å². The second kappa shape index (κ2) is 3.65. The number of hydrogen-bond donors (Lipinski definition) is 1. The van der Waals surface area contributed by atoms with E-state index < -0.39 is 18.2 Å². The van der Waals surface area contributed by atoms with Crippen molar-refractivity contribution >= 4 is 17.4 Å². The molecule has 0 aliphatic carbocycles. The Morgan fingerprint density at radius 3 is 2.75 bits per heavy atom. The largest absolute Gasteiger partial charge is 0.388 e. The first-order chi connectivity index (χ1) is 5.65. The Balaban J connectivity index is 3.05. The van der Waals surface area contributed by atoms with Crippen molar-refractivity contribution in [2.24, 2.45) is 0 Å². The Morgan fingerprint density at radius 1 is 1.58 bits per heavy atom. The minimum Gasteiger partial charge on any atom is -0.388 e. The summed E-state index contributed by atoms with van der Waals surface area (Å²) in [7, 11) is 0. The van der Waals surface area contributed by atoms with E-state index in [0.29, 0.717) is 0 Å². The van der Waals surface area contributed by atoms with Gasteiger partial charge in [-0.25, -0.2) is 4.39 Å². The van der Waals surface area contributed by atoms with Crippen LogP contribution < -0.4 is 0 Å². The van der Waals surface area contributed by atoms with Crippen LogP contribution >= 0.6 is 11.6 Å². The molecule has 0 atom stereocenters. The number of benzene rings is 1. The summed E-state index contributed by atoms with van der Waals surface area (Å²) in [4.78, 5) is 10.8. The minimum atomic E-state index is -0.657. The summed E-state index contributed by atoms with van der Waals surface area (Å²) in [6.45, 7) is -0.624. The third kappa shape index (κ3) is 1.81. The summed E-state index contributed by atoms with van der Waals surface area (Å²) in [6, 6.07) is 3.64. The molecule has 0 saturated carbocycles. The molecule has 4 heteroatoms. The second-order valence-electron chi connectivity index (χ2n) is 2.21. The minimum absolute atomic E-state index is 0.0375. The highest BCUT2D eigenvalue weighted by atomic mass is 35.5. The first kappa shape index (κ1) is 9.16. The van der Waals surface area contributed by atoms with Gasteiger partial charge in [0.15, 0.2) is 5.78 Å². The quantitative estimate of drug-likeness (QED) is 0.717. The fraction of sp³-hybridized carbons (Fsp3) is 0.125. The lowest BCUT2D eigenvalue weighted by atomic mass is 10.1. The van der Waals surface area contributed by atoms with E-state index in [2.05, 4.69) is 0 Å². The van der Waals surface area contributed by atoms with Crippen molar-refractivity contribution in [3.8, 4) is 0 Å². The molecule has 0 aliphatic rings. The van der Waals surface area contributed by atoms with E-state index in [4.69, 9.17) is 16.7 Å². The number of ketones is 1. The Labute approximate surface area is 73.6 Å². The van der Waals surface area contributed by atoms with Crippen molar-refractivity contribution in [1.29, 1.82) is 0 Å². The lowest BCUT2D eigenvalue weighted by molar-refractivity contribution is 0.0903. The third-order valence-electron chi connectivity index (χ3n) is 1.39. The Morgan fingerprint density at radius 2 is 2.25 bits per heavy atom. The highest BCUT2D eigenvalue weighted by Crippen LogP contribution is 2.15. The monoisotopic (exact) mass is 188 g/mol. The average Bonchev–Trinajstić information content (AvgIpc) is 2.08. The smallest absolute Gasteiger partial charge is 0.188 e. The summed E-state index contributed by atoms with van der Waals surface area (Å²) in [5, 5.41) is 8.41. The summed E-state index contributed by atoms with van der Waals surface area (Å²) in [6.07, 6.45) is 0. The lowest BCUT2D eigenvalue weighted by Crippen LogP contribution is -2.04. The second-order valence-corrected chi connectivity index (χ2v) is 2.62. The zero-order chi connectivity index (χ0) is 9.14. The highest BCUT2D eigenvalue weighted by Gasteiger charge is 2.06. The van der Waals surface area contributed by atoms with Crippen LogP contribution in [-0.2, 0) is 0 Å². The molecule has 64 valence electrons. The maximum atomic E-state index is 12.7. The van der Waals surface area contributed by atoms with Gasteiger partial charge in [-0.2, -0.15) is 0 Å². The molecule has 1 aromatic rings. The van der Waals surface area contributed by atoms with Gasteiger partial charge < -0.3 is 5.11 Å². The number of halogens is 2. The maximum absolute atomic E-state index is 12.7. The van der Waals surface area contributed by atoms with Gasteiger partial charge in [-0.1, -0.05) is 11.6 Å². The van der Waals surface area contributed by atoms with Crippen LogP contribution in [0.15, 0.2) is 18.2 Å². The van der Waals surface area contributed by atoms with Crippen LogP contribution in [0.1, 0.15) is 10.4 Å². The zero-order valence-electron chi connectivity index (χ0n) is 6.05. The van der Waals surface area contributed by atoms with E-state index in [1.165, 1.54) is 12.1 Å². The predicted octanol–water partition coefficient (Wildman–Crippen LogP) is 1.65. The Kier molecular flexibility index (Phi) is 2.78. The zero-order valence-corrected chi connectivity index (χ0v) is 6.81. The number of aliphatic hydroxyl groups is 1. The Bertz CT molecular complexity index is 312. The molecule has 0 aromatic heterocycles. The van der Waals surface area contributed by atoms with E-state index in [-0.39, 0.29) is 10.6 Å². The molecule has 1 rings (SSSR count). The van der Waals surface area contributed by atoms with Crippen LogP contribution in [0.2, 0.25) is 5.02 Å². The van der Waals surface area contributed by atoms with Gasteiger partial charge >= 0.3 is 0 Å². The highest BCUT2D eigenvalue weighted by molar-refractivity contribution is 6.30. The number of aliphatic hydroxyl groups excluding tert-OH is 1. The molecule has 0 heterocycles. The van der Waals surface area contributed by atoms with Gasteiger partial charge in [-0.15, -0.1) is 0 Å². The van der Waals surface area contributed by atoms with Crippen LogP contribution in [0.25, 0.3) is 0 Å². The molecule has 0 amide bonds. The van der Waals surface area contributed by atoms with Gasteiger partial charge in [-0.05, 0) is 18.2 Å². The molecule has 1 aromatic carbocycles. The maximum Gasteiger partial charge on any atom is 0.188 e. The van der Waals surface area contributed by atoms with E-state index in [1.54, 1.807) is 0 Å². The molecule has 1 N–H and O–H groups in total. The topological polar surface area (TPSA) is 37.3 Å². The normalized spacial score (nSPS) is 9.92. The summed E-state index contributed by atoms with van der Waals surface area (Å²) in [5.41, 5.74) is 0.124. The molecule has 2 nitrogen and oxygen atoms in total. The molecular weight excluding hydrogens is 183 g/mol. The summed E-state index contributed by atoms with van der Waals surface area (Å²) >= 11 is 5.38. The van der Waals surface area contributed by atoms with Crippen molar-refractivity contribution in [1.82, 2.24) is 0 Å². The fourth-order valence-electron chi connectivity index (χ4n) is 0.761. The van der Waals surface area contributed by atoms with Crippen LogP contribution in [0, 0.1) is 5.82 Å². The van der Waals surface area contributed by atoms with E-state index in [0.717, 1.165) is 6.07 Å². The molecule has 0 saturated heterocycles. The SMILES string of the molecule is O=C(CO)c1ccc(Cl)c(F)c1. The average molecular weight is 189 g/mol. The van der Waals surface area contributed by atoms with Gasteiger partial charge in [0.25, 0.3) is 0 Å². The number of Topliss-reactive ketones (excluding diaryl/α,β-unsaturated/α-hetero) is 1. The molecule has 0 fully saturated rings. The van der Waals surface area contributed by atoms with E-state index in [1.807, 2.05) is 0 Å². The number of hydrogen-bond acceptors (Lipinski definition) is 2. The van der Waals surface area contributed by atoms with Crippen molar-refractivity contribution in [2.45, 2.75) is 0 Å². The summed E-state index contributed by atoms with van der Waals surface area (Å²) < 4.78 is 12.7. The van der Waals surface area contributed by atoms with Gasteiger partial charge in [0.1, 0.15) is 12.4 Å². The Hall–Kier alpha value is -0.930. The van der Waals surface area contributed by atoms with Crippen LogP contribution in [0.3, 0.4) is 0 Å². The first-order valence-electron chi connectivity index (χ1n) is 3.24. The van der Waals surface area contributed by atoms with Gasteiger partial charge in [0.05, 0.1) is 5.02 Å². The summed E-state index contributed by atoms with van der Waals surface area (Å²) in [5.74, 6) is -1.18. The van der Waals surface area contributed by atoms with E-state index in [9.17, 15) is 9.18 Å². The first-order valence-corrected chi connectivity index (χ1v) is 3.62. The molecule has 0 spiro atoms. The van der Waals surface area contributed by atoms with Crippen LogP contribution in [0.4, 0.5) is 4.39 Å². The molecule has 0 aliphatic heterocycles. The van der Waals surface area contributed by atoms with Gasteiger partial charge in [0.2, 0.25) is 0 Å². The molecule has 0 bridgehead atoms. The predicted molar refractivity (Wildman–Crippen MR) is 42.8 cm³/mol. The van der Waals surface area contributed by atoms with Crippen LogP contribution in [0.5, 0.6) is 0 Å². The fourth-order valence-corrected chi connectivity index (χ4v) is 0.878. The lowest BCUT2D eigenvalue weighted by Gasteiger charge is -1.98. The molecule has 0 unspecified atom stereocenters. The van der Waals surface area contributed by atoms with E-state index >= 15 is 0 Å². The number of carbonyl (C=O) groups excluding carboxylic acids is 1. The van der Waals surface area contributed by atoms with Crippen LogP contribution in [-0.4, -0.2) is 17.5 Å². The number of carbonyl (C=O) groups is 1. The molecule has 12 heavy (non-hydrogen) atoms. The number of rotatable bonds is 2. The van der Waals surface area contributed by atoms with Gasteiger partial charge in [-0.3, -0.25) is 4.79 Å². The third-order valence-corrected chi connectivity index (χ3v) is 1.69. The van der Waals surface area contributed by atoms with Crippen molar-refractivity contribution in [3.63, 3.8) is 0 Å². The molecular formula is C8H6ClFO2. The van der Waals surface area contributed by atoms with Crippen molar-refractivity contribution < 1.29 is 14.3 Å². The van der Waals surface area contributed by atoms with Gasteiger partial charge in [0, 0.05) is 5.56 Å². The standard InChI is InChI=1S/C8H6ClFO2/c9-6-2-1-5(3-7(6)10)8(12)4-11/h1-3,11H,4H2. The van der Waals surface area contributed by atoms with Crippen molar-refractivity contribution in [2.75, 3.05) is 6.61 Å². The molecule has 0 radical (unpaired) electrons.